The predicted octanol–water partition coefficient (Wildman–Crippen LogP) is 5.04. The van der Waals surface area contributed by atoms with E-state index in [1.54, 1.807) is 52.0 Å². The molecule has 0 saturated carbocycles. The average molecular weight is 497 g/mol. The summed E-state index contributed by atoms with van der Waals surface area (Å²) in [7, 11) is 0. The number of carbonyl (C=O) groups is 3. The Morgan fingerprint density at radius 3 is 2.22 bits per heavy atom. The van der Waals surface area contributed by atoms with Gasteiger partial charge in [0.2, 0.25) is 0 Å². The van der Waals surface area contributed by atoms with E-state index in [1.807, 2.05) is 0 Å². The number of nitrogens with zero attached hydrogens (tertiary/aromatic N) is 2. The number of nitrogens with one attached hydrogen (secondary N) is 1. The molecule has 0 aliphatic heterocycles. The fourth-order valence-electron chi connectivity index (χ4n) is 3.27. The molecule has 1 heterocycles. The van der Waals surface area contributed by atoms with Gasteiger partial charge in [-0.05, 0) is 57.5 Å². The monoisotopic (exact) mass is 497 g/mol. The second-order valence-corrected chi connectivity index (χ2v) is 8.68. The van der Waals surface area contributed by atoms with Crippen LogP contribution in [0.1, 0.15) is 54.1 Å². The largest absolute Gasteiger partial charge is 0.462 e. The third-order valence-electron chi connectivity index (χ3n) is 4.70. The number of aromatic nitrogens is 2. The quantitative estimate of drug-likeness (QED) is 0.341. The van der Waals surface area contributed by atoms with Gasteiger partial charge in [-0.15, -0.1) is 0 Å². The Hall–Kier alpha value is -4.21. The van der Waals surface area contributed by atoms with Crippen LogP contribution in [0.15, 0.2) is 42.5 Å². The summed E-state index contributed by atoms with van der Waals surface area (Å²) in [5.41, 5.74) is -0.752. The molecule has 8 nitrogen and oxygen atoms in total. The zero-order valence-corrected chi connectivity index (χ0v) is 20.2. The van der Waals surface area contributed by atoms with Gasteiger partial charge in [-0.1, -0.05) is 18.2 Å². The Balaban J connectivity index is 2.00. The first-order chi connectivity index (χ1) is 17.0. The van der Waals surface area contributed by atoms with Gasteiger partial charge in [-0.25, -0.2) is 23.5 Å². The molecule has 188 valence electrons. The van der Waals surface area contributed by atoms with Crippen LogP contribution in [0.4, 0.5) is 20.3 Å². The van der Waals surface area contributed by atoms with Crippen molar-refractivity contribution in [3.05, 3.63) is 70.9 Å². The van der Waals surface area contributed by atoms with Crippen molar-refractivity contribution in [1.29, 1.82) is 0 Å². The molecule has 3 aromatic rings. The third-order valence-corrected chi connectivity index (χ3v) is 4.70. The van der Waals surface area contributed by atoms with Crippen LogP contribution in [0.2, 0.25) is 0 Å². The molecule has 1 N–H and O–H groups in total. The van der Waals surface area contributed by atoms with E-state index in [1.165, 1.54) is 6.07 Å². The molecule has 0 bridgehead atoms. The minimum atomic E-state index is -0.937. The van der Waals surface area contributed by atoms with Gasteiger partial charge in [-0.2, -0.15) is 0 Å². The van der Waals surface area contributed by atoms with Crippen LogP contribution in [-0.4, -0.2) is 40.4 Å². The summed E-state index contributed by atoms with van der Waals surface area (Å²) in [5.74, 6) is -3.76. The second-order valence-electron chi connectivity index (χ2n) is 8.68. The highest BCUT2D eigenvalue weighted by Gasteiger charge is 2.25. The number of ether oxygens (including phenoxy) is 2. The molecule has 0 aliphatic carbocycles. The highest BCUT2D eigenvalue weighted by Crippen LogP contribution is 2.29. The summed E-state index contributed by atoms with van der Waals surface area (Å²) in [6.07, 6.45) is 0.330. The molecule has 0 atom stereocenters. The van der Waals surface area contributed by atoms with Gasteiger partial charge in [0, 0.05) is 5.69 Å². The van der Waals surface area contributed by atoms with E-state index < -0.39 is 46.3 Å². The number of esters is 2. The third kappa shape index (κ3) is 6.47. The van der Waals surface area contributed by atoms with Gasteiger partial charge in [0.1, 0.15) is 34.3 Å². The Bertz CT molecular complexity index is 1270. The van der Waals surface area contributed by atoms with E-state index in [-0.39, 0.29) is 30.7 Å². The van der Waals surface area contributed by atoms with Crippen LogP contribution in [0.25, 0.3) is 11.4 Å². The number of anilines is 2. The van der Waals surface area contributed by atoms with E-state index >= 15 is 0 Å². The van der Waals surface area contributed by atoms with Gasteiger partial charge < -0.3 is 14.8 Å². The zero-order chi connectivity index (χ0) is 26.5. The molecule has 0 unspecified atom stereocenters. The first-order valence-electron chi connectivity index (χ1n) is 11.1. The molecule has 0 radical (unpaired) electrons. The molecule has 10 heteroatoms. The van der Waals surface area contributed by atoms with E-state index in [2.05, 4.69) is 15.3 Å². The van der Waals surface area contributed by atoms with Crippen molar-refractivity contribution in [2.24, 2.45) is 0 Å². The number of hydrogen-bond donors (Lipinski definition) is 1. The highest BCUT2D eigenvalue weighted by atomic mass is 19.1. The van der Waals surface area contributed by atoms with Crippen LogP contribution in [0, 0.1) is 11.6 Å². The number of rotatable bonds is 8. The number of hydrogen-bond acceptors (Lipinski definition) is 8. The standard InChI is InChI=1S/C26H25F2N3O5/c1-5-35-25(34)22-19(14-32)30-23(21-17(27)7-6-8-18(21)28)31-24(22)29-16-11-9-15(10-12-16)13-20(33)36-26(2,3)4/h6-12,14H,5,13H2,1-4H3,(H,29,30,31). The molecule has 0 amide bonds. The molecule has 0 spiro atoms. The van der Waals surface area contributed by atoms with Crippen molar-refractivity contribution in [3.63, 3.8) is 0 Å². The van der Waals surface area contributed by atoms with E-state index in [9.17, 15) is 23.2 Å². The fraction of sp³-hybridized carbons (Fsp3) is 0.269. The van der Waals surface area contributed by atoms with Crippen molar-refractivity contribution in [2.45, 2.75) is 39.7 Å². The summed E-state index contributed by atoms with van der Waals surface area (Å²) >= 11 is 0. The summed E-state index contributed by atoms with van der Waals surface area (Å²) < 4.78 is 39.1. The first-order valence-corrected chi connectivity index (χ1v) is 11.1. The molecule has 36 heavy (non-hydrogen) atoms. The SMILES string of the molecule is CCOC(=O)c1c(C=O)nc(-c2c(F)cccc2F)nc1Nc1ccc(CC(=O)OC(C)(C)C)cc1. The lowest BCUT2D eigenvalue weighted by Crippen LogP contribution is -2.24. The lowest BCUT2D eigenvalue weighted by atomic mass is 10.1. The van der Waals surface area contributed by atoms with Crippen molar-refractivity contribution < 1.29 is 32.6 Å². The van der Waals surface area contributed by atoms with Crippen molar-refractivity contribution in [3.8, 4) is 11.4 Å². The van der Waals surface area contributed by atoms with Crippen molar-refractivity contribution >= 4 is 29.7 Å². The van der Waals surface area contributed by atoms with Crippen LogP contribution in [0.3, 0.4) is 0 Å². The van der Waals surface area contributed by atoms with Crippen molar-refractivity contribution in [2.75, 3.05) is 11.9 Å². The van der Waals surface area contributed by atoms with Gasteiger partial charge in [-0.3, -0.25) is 9.59 Å². The van der Waals surface area contributed by atoms with E-state index in [4.69, 9.17) is 9.47 Å². The smallest absolute Gasteiger partial charge is 0.344 e. The topological polar surface area (TPSA) is 107 Å². The molecule has 1 aromatic heterocycles. The summed E-state index contributed by atoms with van der Waals surface area (Å²) in [4.78, 5) is 44.5. The summed E-state index contributed by atoms with van der Waals surface area (Å²) in [5, 5.41) is 2.88. The Morgan fingerprint density at radius 1 is 1.03 bits per heavy atom. The maximum Gasteiger partial charge on any atom is 0.344 e. The molecule has 0 fully saturated rings. The number of benzene rings is 2. The first kappa shape index (κ1) is 26.4. The maximum absolute atomic E-state index is 14.4. The van der Waals surface area contributed by atoms with Crippen LogP contribution in [0.5, 0.6) is 0 Å². The van der Waals surface area contributed by atoms with Crippen LogP contribution < -0.4 is 5.32 Å². The Kier molecular flexibility index (Phi) is 8.08. The predicted molar refractivity (Wildman–Crippen MR) is 128 cm³/mol. The zero-order valence-electron chi connectivity index (χ0n) is 20.2. The Morgan fingerprint density at radius 2 is 1.67 bits per heavy atom. The molecule has 0 aliphatic rings. The average Bonchev–Trinajstić information content (AvgIpc) is 2.78. The van der Waals surface area contributed by atoms with E-state index in [0.29, 0.717) is 11.3 Å². The Labute approximate surface area is 206 Å². The van der Waals surface area contributed by atoms with Gasteiger partial charge >= 0.3 is 11.9 Å². The molecule has 0 saturated heterocycles. The lowest BCUT2D eigenvalue weighted by molar-refractivity contribution is -0.153. The fourth-order valence-corrected chi connectivity index (χ4v) is 3.27. The van der Waals surface area contributed by atoms with Crippen LogP contribution >= 0.6 is 0 Å². The number of halogens is 2. The summed E-state index contributed by atoms with van der Waals surface area (Å²) in [6, 6.07) is 9.78. The number of aldehydes is 1. The maximum atomic E-state index is 14.4. The van der Waals surface area contributed by atoms with Crippen molar-refractivity contribution in [1.82, 2.24) is 9.97 Å². The minimum absolute atomic E-state index is 0.0135. The molecular formula is C26H25F2N3O5. The lowest BCUT2D eigenvalue weighted by Gasteiger charge is -2.19. The number of carbonyl (C=O) groups excluding carboxylic acids is 3. The van der Waals surface area contributed by atoms with Gasteiger partial charge in [0.25, 0.3) is 0 Å². The minimum Gasteiger partial charge on any atom is -0.462 e. The summed E-state index contributed by atoms with van der Waals surface area (Å²) in [6.45, 7) is 6.92. The van der Waals surface area contributed by atoms with E-state index in [0.717, 1.165) is 12.1 Å². The second kappa shape index (κ2) is 11.0. The van der Waals surface area contributed by atoms with Gasteiger partial charge in [0.15, 0.2) is 12.1 Å². The molecule has 2 aromatic carbocycles. The molecular weight excluding hydrogens is 472 g/mol. The highest BCUT2D eigenvalue weighted by molar-refractivity contribution is 6.02. The van der Waals surface area contributed by atoms with Crippen LogP contribution in [-0.2, 0) is 20.7 Å². The van der Waals surface area contributed by atoms with Gasteiger partial charge in [0.05, 0.1) is 18.6 Å². The molecule has 3 rings (SSSR count). The normalized spacial score (nSPS) is 11.1.